The summed E-state index contributed by atoms with van der Waals surface area (Å²) in [5, 5.41) is 7.23. The zero-order chi connectivity index (χ0) is 12.7. The van der Waals surface area contributed by atoms with Gasteiger partial charge in [0.05, 0.1) is 6.61 Å². The number of esters is 1. The molecule has 1 aromatic rings. The van der Waals surface area contributed by atoms with E-state index in [-0.39, 0.29) is 5.97 Å². The molecule has 0 aliphatic heterocycles. The molecule has 0 radical (unpaired) electrons. The van der Waals surface area contributed by atoms with Crippen LogP contribution in [0.5, 0.6) is 0 Å². The van der Waals surface area contributed by atoms with Gasteiger partial charge < -0.3 is 10.1 Å². The average molecular weight is 237 g/mol. The highest BCUT2D eigenvalue weighted by Crippen LogP contribution is 1.97. The van der Waals surface area contributed by atoms with Crippen LogP contribution < -0.4 is 5.32 Å². The molecule has 0 spiro atoms. The lowest BCUT2D eigenvalue weighted by Gasteiger charge is -2.07. The number of aryl methyl sites for hydroxylation is 1. The van der Waals surface area contributed by atoms with Gasteiger partial charge in [0.15, 0.2) is 0 Å². The van der Waals surface area contributed by atoms with Crippen LogP contribution in [-0.2, 0) is 23.0 Å². The number of aromatic nitrogens is 2. The standard InChI is InChI=1S/C12H19N3O2/c1-4-17-12(16)10(2)9-13-7-5-11-6-8-14-15(11)3/h6,8,13H,2,4-5,7,9H2,1,3H3. The number of carbonyl (C=O) groups is 1. The Morgan fingerprint density at radius 2 is 2.41 bits per heavy atom. The molecular weight excluding hydrogens is 218 g/mol. The van der Waals surface area contributed by atoms with Crippen molar-refractivity contribution in [3.8, 4) is 0 Å². The van der Waals surface area contributed by atoms with Crippen molar-refractivity contribution in [2.75, 3.05) is 19.7 Å². The number of nitrogens with zero attached hydrogens (tertiary/aromatic N) is 2. The van der Waals surface area contributed by atoms with Crippen molar-refractivity contribution < 1.29 is 9.53 Å². The van der Waals surface area contributed by atoms with Crippen LogP contribution in [-0.4, -0.2) is 35.4 Å². The molecule has 94 valence electrons. The molecule has 0 amide bonds. The van der Waals surface area contributed by atoms with Gasteiger partial charge >= 0.3 is 5.97 Å². The lowest BCUT2D eigenvalue weighted by molar-refractivity contribution is -0.138. The van der Waals surface area contributed by atoms with Gasteiger partial charge in [-0.05, 0) is 13.0 Å². The maximum absolute atomic E-state index is 11.2. The van der Waals surface area contributed by atoms with Crippen molar-refractivity contribution in [3.05, 3.63) is 30.1 Å². The van der Waals surface area contributed by atoms with Crippen LogP contribution in [0.2, 0.25) is 0 Å². The topological polar surface area (TPSA) is 56.2 Å². The zero-order valence-corrected chi connectivity index (χ0v) is 10.4. The van der Waals surface area contributed by atoms with Crippen molar-refractivity contribution in [2.24, 2.45) is 7.05 Å². The van der Waals surface area contributed by atoms with E-state index in [4.69, 9.17) is 4.74 Å². The van der Waals surface area contributed by atoms with Crippen molar-refractivity contribution in [1.82, 2.24) is 15.1 Å². The lowest BCUT2D eigenvalue weighted by atomic mass is 10.2. The summed E-state index contributed by atoms with van der Waals surface area (Å²) >= 11 is 0. The highest BCUT2D eigenvalue weighted by molar-refractivity contribution is 5.88. The number of carbonyl (C=O) groups excluding carboxylic acids is 1. The van der Waals surface area contributed by atoms with E-state index >= 15 is 0 Å². The minimum absolute atomic E-state index is 0.333. The molecule has 1 aromatic heterocycles. The van der Waals surface area contributed by atoms with E-state index in [0.717, 1.165) is 18.7 Å². The van der Waals surface area contributed by atoms with Gasteiger partial charge in [0.1, 0.15) is 0 Å². The molecule has 0 saturated carbocycles. The highest BCUT2D eigenvalue weighted by atomic mass is 16.5. The first-order valence-electron chi connectivity index (χ1n) is 5.67. The highest BCUT2D eigenvalue weighted by Gasteiger charge is 2.06. The SMILES string of the molecule is C=C(CNCCc1ccnn1C)C(=O)OCC. The van der Waals surface area contributed by atoms with Gasteiger partial charge in [-0.1, -0.05) is 6.58 Å². The molecule has 17 heavy (non-hydrogen) atoms. The third kappa shape index (κ3) is 4.40. The summed E-state index contributed by atoms with van der Waals surface area (Å²) in [7, 11) is 1.91. The quantitative estimate of drug-likeness (QED) is 0.430. The summed E-state index contributed by atoms with van der Waals surface area (Å²) in [6.07, 6.45) is 2.64. The number of hydrogen-bond donors (Lipinski definition) is 1. The van der Waals surface area contributed by atoms with Crippen molar-refractivity contribution >= 4 is 5.97 Å². The normalized spacial score (nSPS) is 10.2. The molecule has 5 nitrogen and oxygen atoms in total. The second-order valence-electron chi connectivity index (χ2n) is 3.70. The monoisotopic (exact) mass is 237 g/mol. The first kappa shape index (κ1) is 13.4. The Labute approximate surface area is 101 Å². The number of nitrogens with one attached hydrogen (secondary N) is 1. The van der Waals surface area contributed by atoms with Gasteiger partial charge in [-0.25, -0.2) is 4.79 Å². The van der Waals surface area contributed by atoms with Crippen molar-refractivity contribution in [1.29, 1.82) is 0 Å². The molecule has 5 heteroatoms. The van der Waals surface area contributed by atoms with Gasteiger partial charge in [0.25, 0.3) is 0 Å². The Balaban J connectivity index is 2.18. The molecule has 0 aromatic carbocycles. The van der Waals surface area contributed by atoms with Crippen molar-refractivity contribution in [2.45, 2.75) is 13.3 Å². The third-order valence-electron chi connectivity index (χ3n) is 2.38. The maximum atomic E-state index is 11.2. The molecule has 1 N–H and O–H groups in total. The van der Waals surface area contributed by atoms with Gasteiger partial charge in [-0.3, -0.25) is 4.68 Å². The summed E-state index contributed by atoms with van der Waals surface area (Å²) in [6.45, 7) is 7.06. The summed E-state index contributed by atoms with van der Waals surface area (Å²) < 4.78 is 6.67. The van der Waals surface area contributed by atoms with E-state index in [0.29, 0.717) is 18.7 Å². The molecule has 0 saturated heterocycles. The molecule has 0 aliphatic carbocycles. The molecule has 0 unspecified atom stereocenters. The summed E-state index contributed by atoms with van der Waals surface area (Å²) in [6, 6.07) is 1.97. The molecule has 0 atom stereocenters. The Kier molecular flexibility index (Phi) is 5.42. The Morgan fingerprint density at radius 1 is 1.65 bits per heavy atom. The third-order valence-corrected chi connectivity index (χ3v) is 2.38. The van der Waals surface area contributed by atoms with Crippen LogP contribution in [0.4, 0.5) is 0 Å². The number of hydrogen-bond acceptors (Lipinski definition) is 4. The van der Waals surface area contributed by atoms with Crippen LogP contribution in [0.1, 0.15) is 12.6 Å². The molecular formula is C12H19N3O2. The summed E-state index contributed by atoms with van der Waals surface area (Å²) in [5.74, 6) is -0.333. The molecule has 0 aliphatic rings. The number of rotatable bonds is 7. The zero-order valence-electron chi connectivity index (χ0n) is 10.4. The molecule has 0 bridgehead atoms. The Bertz CT molecular complexity index is 385. The molecule has 0 fully saturated rings. The fourth-order valence-electron chi connectivity index (χ4n) is 1.41. The number of ether oxygens (including phenoxy) is 1. The van der Waals surface area contributed by atoms with Crippen LogP contribution in [0.3, 0.4) is 0 Å². The minimum Gasteiger partial charge on any atom is -0.463 e. The van der Waals surface area contributed by atoms with E-state index in [1.54, 1.807) is 13.1 Å². The summed E-state index contributed by atoms with van der Waals surface area (Å²) in [4.78, 5) is 11.2. The summed E-state index contributed by atoms with van der Waals surface area (Å²) in [5.41, 5.74) is 1.61. The first-order chi connectivity index (χ1) is 8.15. The molecule has 1 heterocycles. The van der Waals surface area contributed by atoms with E-state index in [1.807, 2.05) is 17.8 Å². The van der Waals surface area contributed by atoms with Crippen LogP contribution in [0.25, 0.3) is 0 Å². The Morgan fingerprint density at radius 3 is 3.00 bits per heavy atom. The van der Waals surface area contributed by atoms with E-state index in [1.165, 1.54) is 0 Å². The predicted molar refractivity (Wildman–Crippen MR) is 65.6 cm³/mol. The second-order valence-corrected chi connectivity index (χ2v) is 3.70. The van der Waals surface area contributed by atoms with Crippen molar-refractivity contribution in [3.63, 3.8) is 0 Å². The largest absolute Gasteiger partial charge is 0.463 e. The predicted octanol–water partition coefficient (Wildman–Crippen LogP) is 0.671. The smallest absolute Gasteiger partial charge is 0.334 e. The van der Waals surface area contributed by atoms with Gasteiger partial charge in [-0.2, -0.15) is 5.10 Å². The second kappa shape index (κ2) is 6.85. The maximum Gasteiger partial charge on any atom is 0.334 e. The molecule has 1 rings (SSSR count). The van der Waals surface area contributed by atoms with E-state index in [9.17, 15) is 4.79 Å². The van der Waals surface area contributed by atoms with Crippen LogP contribution in [0.15, 0.2) is 24.4 Å². The van der Waals surface area contributed by atoms with Gasteiger partial charge in [0.2, 0.25) is 0 Å². The van der Waals surface area contributed by atoms with Crippen LogP contribution in [0, 0.1) is 0 Å². The van der Waals surface area contributed by atoms with Gasteiger partial charge in [0, 0.05) is 44.0 Å². The van der Waals surface area contributed by atoms with E-state index in [2.05, 4.69) is 17.0 Å². The fraction of sp³-hybridized carbons (Fsp3) is 0.500. The van der Waals surface area contributed by atoms with Crippen LogP contribution >= 0.6 is 0 Å². The van der Waals surface area contributed by atoms with Gasteiger partial charge in [-0.15, -0.1) is 0 Å². The first-order valence-corrected chi connectivity index (χ1v) is 5.67. The lowest BCUT2D eigenvalue weighted by Crippen LogP contribution is -2.24. The fourth-order valence-corrected chi connectivity index (χ4v) is 1.41. The minimum atomic E-state index is -0.333. The van der Waals surface area contributed by atoms with E-state index < -0.39 is 0 Å². The Hall–Kier alpha value is -1.62. The average Bonchev–Trinajstić information content (AvgIpc) is 2.70.